The molecule has 1 saturated heterocycles. The molecule has 0 amide bonds. The summed E-state index contributed by atoms with van der Waals surface area (Å²) in [5, 5.41) is -0.383. The third kappa shape index (κ3) is 3.23. The van der Waals surface area contributed by atoms with Crippen LogP contribution >= 0.6 is 0 Å². The SMILES string of the molecule is CCC1OC1C(C)Cc1cccc(S(=O)(=O)C(C)C)c1. The smallest absolute Gasteiger partial charge is 0.180 e. The van der Waals surface area contributed by atoms with E-state index in [2.05, 4.69) is 13.8 Å². The van der Waals surface area contributed by atoms with Crippen LogP contribution in [0.5, 0.6) is 0 Å². The minimum atomic E-state index is -3.19. The standard InChI is InChI=1S/C16H24O3S/c1-5-15-16(19-15)12(4)9-13-7-6-8-14(10-13)20(17,18)11(2)3/h6-8,10-12,15-16H,5,9H2,1-4H3. The third-order valence-corrected chi connectivity index (χ3v) is 6.14. The zero-order chi connectivity index (χ0) is 14.9. The summed E-state index contributed by atoms with van der Waals surface area (Å²) in [6.45, 7) is 7.74. The molecular formula is C16H24O3S. The van der Waals surface area contributed by atoms with Gasteiger partial charge in [0.15, 0.2) is 9.84 Å². The lowest BCUT2D eigenvalue weighted by Crippen LogP contribution is -2.15. The Balaban J connectivity index is 2.11. The van der Waals surface area contributed by atoms with Gasteiger partial charge in [-0.05, 0) is 50.3 Å². The quantitative estimate of drug-likeness (QED) is 0.757. The van der Waals surface area contributed by atoms with Crippen LogP contribution in [-0.4, -0.2) is 25.9 Å². The molecule has 20 heavy (non-hydrogen) atoms. The second-order valence-corrected chi connectivity index (χ2v) is 8.47. The molecule has 1 heterocycles. The molecule has 0 bridgehead atoms. The molecule has 0 aromatic heterocycles. The number of sulfone groups is 1. The van der Waals surface area contributed by atoms with E-state index in [0.29, 0.717) is 23.0 Å². The van der Waals surface area contributed by atoms with Crippen molar-refractivity contribution < 1.29 is 13.2 Å². The fourth-order valence-electron chi connectivity index (χ4n) is 2.60. The molecule has 1 aromatic carbocycles. The second kappa shape index (κ2) is 5.86. The average Bonchev–Trinajstić information content (AvgIpc) is 3.18. The lowest BCUT2D eigenvalue weighted by Gasteiger charge is -2.12. The number of benzene rings is 1. The minimum absolute atomic E-state index is 0.338. The van der Waals surface area contributed by atoms with Gasteiger partial charge in [0.1, 0.15) is 0 Å². The van der Waals surface area contributed by atoms with Crippen LogP contribution in [0.25, 0.3) is 0 Å². The highest BCUT2D eigenvalue weighted by molar-refractivity contribution is 7.92. The Morgan fingerprint density at radius 1 is 1.25 bits per heavy atom. The molecule has 1 aliphatic rings. The van der Waals surface area contributed by atoms with Crippen LogP contribution in [0, 0.1) is 5.92 Å². The molecule has 0 aliphatic carbocycles. The molecule has 0 saturated carbocycles. The van der Waals surface area contributed by atoms with Crippen molar-refractivity contribution in [2.75, 3.05) is 0 Å². The Labute approximate surface area is 122 Å². The lowest BCUT2D eigenvalue weighted by molar-refractivity contribution is 0.322. The van der Waals surface area contributed by atoms with E-state index in [1.807, 2.05) is 18.2 Å². The van der Waals surface area contributed by atoms with E-state index >= 15 is 0 Å². The number of hydrogen-bond acceptors (Lipinski definition) is 3. The van der Waals surface area contributed by atoms with Crippen molar-refractivity contribution in [2.45, 2.75) is 62.9 Å². The predicted molar refractivity (Wildman–Crippen MR) is 80.6 cm³/mol. The minimum Gasteiger partial charge on any atom is -0.369 e. The first-order valence-electron chi connectivity index (χ1n) is 7.34. The van der Waals surface area contributed by atoms with Gasteiger partial charge in [0, 0.05) is 0 Å². The van der Waals surface area contributed by atoms with Crippen molar-refractivity contribution in [3.63, 3.8) is 0 Å². The fourth-order valence-corrected chi connectivity index (χ4v) is 3.72. The number of epoxide rings is 1. The summed E-state index contributed by atoms with van der Waals surface area (Å²) >= 11 is 0. The normalized spacial score (nSPS) is 23.9. The van der Waals surface area contributed by atoms with Crippen molar-refractivity contribution in [1.29, 1.82) is 0 Å². The van der Waals surface area contributed by atoms with E-state index in [-0.39, 0.29) is 5.25 Å². The van der Waals surface area contributed by atoms with Crippen LogP contribution in [0.3, 0.4) is 0 Å². The zero-order valence-corrected chi connectivity index (χ0v) is 13.5. The van der Waals surface area contributed by atoms with E-state index < -0.39 is 9.84 Å². The molecule has 1 aromatic rings. The molecule has 0 spiro atoms. The van der Waals surface area contributed by atoms with Gasteiger partial charge in [-0.1, -0.05) is 26.0 Å². The predicted octanol–water partition coefficient (Wildman–Crippen LogP) is 3.22. The van der Waals surface area contributed by atoms with Gasteiger partial charge in [0.2, 0.25) is 0 Å². The summed E-state index contributed by atoms with van der Waals surface area (Å²) in [7, 11) is -3.19. The van der Waals surface area contributed by atoms with E-state index in [0.717, 1.165) is 18.4 Å². The Morgan fingerprint density at radius 3 is 2.50 bits per heavy atom. The molecular weight excluding hydrogens is 272 g/mol. The van der Waals surface area contributed by atoms with Crippen molar-refractivity contribution in [2.24, 2.45) is 5.92 Å². The monoisotopic (exact) mass is 296 g/mol. The molecule has 3 nitrogen and oxygen atoms in total. The largest absolute Gasteiger partial charge is 0.369 e. The van der Waals surface area contributed by atoms with Crippen LogP contribution < -0.4 is 0 Å². The average molecular weight is 296 g/mol. The molecule has 2 rings (SSSR count). The van der Waals surface area contributed by atoms with Gasteiger partial charge in [-0.15, -0.1) is 0 Å². The highest BCUT2D eigenvalue weighted by Crippen LogP contribution is 2.33. The van der Waals surface area contributed by atoms with Gasteiger partial charge in [-0.3, -0.25) is 0 Å². The van der Waals surface area contributed by atoms with Crippen molar-refractivity contribution >= 4 is 9.84 Å². The molecule has 0 N–H and O–H groups in total. The maximum Gasteiger partial charge on any atom is 0.180 e. The first kappa shape index (κ1) is 15.5. The summed E-state index contributed by atoms with van der Waals surface area (Å²) in [5.74, 6) is 0.428. The summed E-state index contributed by atoms with van der Waals surface area (Å²) in [5.41, 5.74) is 1.07. The van der Waals surface area contributed by atoms with Crippen LogP contribution in [-0.2, 0) is 21.0 Å². The maximum atomic E-state index is 12.2. The zero-order valence-electron chi connectivity index (χ0n) is 12.7. The van der Waals surface area contributed by atoms with E-state index in [1.165, 1.54) is 0 Å². The summed E-state index contributed by atoms with van der Waals surface area (Å²) in [6, 6.07) is 7.34. The van der Waals surface area contributed by atoms with Crippen molar-refractivity contribution in [3.8, 4) is 0 Å². The maximum absolute atomic E-state index is 12.2. The highest BCUT2D eigenvalue weighted by atomic mass is 32.2. The van der Waals surface area contributed by atoms with Gasteiger partial charge in [-0.25, -0.2) is 8.42 Å². The van der Waals surface area contributed by atoms with Crippen LogP contribution in [0.4, 0.5) is 0 Å². The Morgan fingerprint density at radius 2 is 1.95 bits per heavy atom. The first-order chi connectivity index (χ1) is 9.36. The third-order valence-electron chi connectivity index (χ3n) is 3.99. The van der Waals surface area contributed by atoms with Crippen molar-refractivity contribution in [3.05, 3.63) is 29.8 Å². The lowest BCUT2D eigenvalue weighted by atomic mass is 9.96. The molecule has 3 atom stereocenters. The second-order valence-electron chi connectivity index (χ2n) is 5.97. The van der Waals surface area contributed by atoms with Gasteiger partial charge in [0.05, 0.1) is 22.4 Å². The molecule has 1 aliphatic heterocycles. The number of ether oxygens (including phenoxy) is 1. The number of rotatable bonds is 6. The first-order valence-corrected chi connectivity index (χ1v) is 8.89. The molecule has 3 unspecified atom stereocenters. The van der Waals surface area contributed by atoms with Crippen LogP contribution in [0.15, 0.2) is 29.2 Å². The summed E-state index contributed by atoms with van der Waals surface area (Å²) < 4.78 is 30.0. The Bertz CT molecular complexity index is 563. The molecule has 0 radical (unpaired) electrons. The van der Waals surface area contributed by atoms with E-state index in [1.54, 1.807) is 19.9 Å². The number of hydrogen-bond donors (Lipinski definition) is 0. The fraction of sp³-hybridized carbons (Fsp3) is 0.625. The van der Waals surface area contributed by atoms with Crippen LogP contribution in [0.2, 0.25) is 0 Å². The molecule has 1 fully saturated rings. The van der Waals surface area contributed by atoms with Crippen molar-refractivity contribution in [1.82, 2.24) is 0 Å². The van der Waals surface area contributed by atoms with E-state index in [4.69, 9.17) is 4.74 Å². The molecule has 4 heteroatoms. The Hall–Kier alpha value is -0.870. The summed E-state index contributed by atoms with van der Waals surface area (Å²) in [4.78, 5) is 0.431. The Kier molecular flexibility index (Phi) is 4.55. The van der Waals surface area contributed by atoms with Gasteiger partial charge < -0.3 is 4.74 Å². The van der Waals surface area contributed by atoms with Gasteiger partial charge in [-0.2, -0.15) is 0 Å². The topological polar surface area (TPSA) is 46.7 Å². The highest BCUT2D eigenvalue weighted by Gasteiger charge is 2.41. The van der Waals surface area contributed by atoms with Gasteiger partial charge in [0.25, 0.3) is 0 Å². The molecule has 112 valence electrons. The van der Waals surface area contributed by atoms with Crippen LogP contribution in [0.1, 0.15) is 39.7 Å². The van der Waals surface area contributed by atoms with E-state index in [9.17, 15) is 8.42 Å². The summed E-state index contributed by atoms with van der Waals surface area (Å²) in [6.07, 6.45) is 2.65. The van der Waals surface area contributed by atoms with Gasteiger partial charge >= 0.3 is 0 Å².